The molecule has 27 heavy (non-hydrogen) atoms. The van der Waals surface area contributed by atoms with Crippen LogP contribution in [-0.2, 0) is 11.4 Å². The molecule has 3 aliphatic rings. The fourth-order valence-electron chi connectivity index (χ4n) is 4.42. The molecule has 0 unspecified atom stereocenters. The maximum atomic E-state index is 12.9. The van der Waals surface area contributed by atoms with E-state index in [0.717, 1.165) is 43.1 Å². The molecule has 3 heterocycles. The Morgan fingerprint density at radius 1 is 1.15 bits per heavy atom. The molecule has 1 aromatic heterocycles. The Balaban J connectivity index is 1.26. The van der Waals surface area contributed by atoms with E-state index in [1.54, 1.807) is 0 Å². The van der Waals surface area contributed by atoms with Crippen molar-refractivity contribution in [2.24, 2.45) is 5.92 Å². The smallest absolute Gasteiger partial charge is 0.345 e. The molecule has 3 fully saturated rings. The van der Waals surface area contributed by atoms with Gasteiger partial charge in [0.05, 0.1) is 6.04 Å². The van der Waals surface area contributed by atoms with Crippen LogP contribution in [-0.4, -0.2) is 38.8 Å². The number of hydrogen-bond acceptors (Lipinski definition) is 5. The first-order valence-electron chi connectivity index (χ1n) is 9.79. The van der Waals surface area contributed by atoms with Crippen molar-refractivity contribution in [3.8, 4) is 0 Å². The van der Waals surface area contributed by atoms with Crippen LogP contribution in [0.3, 0.4) is 0 Å². The Bertz CT molecular complexity index is 818. The summed E-state index contributed by atoms with van der Waals surface area (Å²) in [6.07, 6.45) is 3.92. The van der Waals surface area contributed by atoms with Gasteiger partial charge in [0.1, 0.15) is 12.6 Å². The molecule has 0 spiro atoms. The number of hydroxylamine groups is 2. The molecule has 2 bridgehead atoms. The molecule has 2 saturated heterocycles. The second kappa shape index (κ2) is 6.64. The second-order valence-electron chi connectivity index (χ2n) is 8.02. The number of carbonyl (C=O) groups is 1. The van der Waals surface area contributed by atoms with Crippen LogP contribution in [0, 0.1) is 5.92 Å². The highest BCUT2D eigenvalue weighted by Crippen LogP contribution is 2.42. The zero-order chi connectivity index (χ0) is 18.4. The van der Waals surface area contributed by atoms with Crippen molar-refractivity contribution >= 4 is 6.03 Å². The maximum Gasteiger partial charge on any atom is 0.345 e. The minimum absolute atomic E-state index is 0.0901. The molecule has 1 aliphatic carbocycles. The predicted molar refractivity (Wildman–Crippen MR) is 96.4 cm³/mol. The average Bonchev–Trinajstić information content (AvgIpc) is 3.23. The van der Waals surface area contributed by atoms with Crippen molar-refractivity contribution in [2.45, 2.75) is 57.2 Å². The number of piperidine rings is 1. The van der Waals surface area contributed by atoms with Crippen LogP contribution >= 0.6 is 0 Å². The zero-order valence-corrected chi connectivity index (χ0v) is 15.5. The zero-order valence-electron chi connectivity index (χ0n) is 15.5. The van der Waals surface area contributed by atoms with E-state index in [1.807, 2.05) is 35.2 Å². The summed E-state index contributed by atoms with van der Waals surface area (Å²) in [5, 5.41) is 10.1. The van der Waals surface area contributed by atoms with E-state index in [-0.39, 0.29) is 18.1 Å². The second-order valence-corrected chi connectivity index (χ2v) is 8.02. The fraction of sp³-hybridized carbons (Fsp3) is 0.550. The molecule has 1 saturated carbocycles. The Kier molecular flexibility index (Phi) is 4.11. The Morgan fingerprint density at radius 3 is 2.70 bits per heavy atom. The van der Waals surface area contributed by atoms with Crippen LogP contribution in [0.4, 0.5) is 4.79 Å². The Morgan fingerprint density at radius 2 is 1.93 bits per heavy atom. The average molecular weight is 368 g/mol. The number of amides is 2. The lowest BCUT2D eigenvalue weighted by Crippen LogP contribution is -2.34. The molecular weight excluding hydrogens is 344 g/mol. The lowest BCUT2D eigenvalue weighted by Gasteiger charge is -2.30. The van der Waals surface area contributed by atoms with Gasteiger partial charge in [-0.15, -0.1) is 10.2 Å². The monoisotopic (exact) mass is 368 g/mol. The molecule has 2 aromatic rings. The first-order valence-corrected chi connectivity index (χ1v) is 9.79. The molecule has 2 amide bonds. The molecule has 1 aromatic carbocycles. The highest BCUT2D eigenvalue weighted by Gasteiger charge is 2.48. The van der Waals surface area contributed by atoms with E-state index in [9.17, 15) is 4.79 Å². The van der Waals surface area contributed by atoms with Gasteiger partial charge < -0.3 is 9.32 Å². The van der Waals surface area contributed by atoms with Crippen molar-refractivity contribution in [1.82, 2.24) is 20.2 Å². The summed E-state index contributed by atoms with van der Waals surface area (Å²) in [6, 6.07) is 9.75. The Labute approximate surface area is 158 Å². The van der Waals surface area contributed by atoms with Crippen LogP contribution in [0.15, 0.2) is 34.7 Å². The molecule has 7 heteroatoms. The normalized spacial score (nSPS) is 29.9. The van der Waals surface area contributed by atoms with Crippen LogP contribution < -0.4 is 0 Å². The molecule has 7 nitrogen and oxygen atoms in total. The maximum absolute atomic E-state index is 12.9. The number of hydrogen-bond donors (Lipinski definition) is 0. The largest absolute Gasteiger partial charge is 0.423 e. The molecule has 0 radical (unpaired) electrons. The van der Waals surface area contributed by atoms with Gasteiger partial charge in [-0.2, -0.15) is 5.06 Å². The molecular formula is C20H24N4O3. The van der Waals surface area contributed by atoms with Gasteiger partial charge in [-0.1, -0.05) is 37.3 Å². The standard InChI is InChI=1S/C20H24N4O3/c1-13-9-15(10-13)18-21-22-19(27-18)17-8-7-16-11-23(17)20(25)24(16)26-12-14-5-3-2-4-6-14/h2-6,13,15-17H,7-12H2,1H3/t13?,15?,16-,17+/m1/s1. The highest BCUT2D eigenvalue weighted by atomic mass is 16.7. The number of fused-ring (bicyclic) bond motifs is 2. The van der Waals surface area contributed by atoms with Crippen LogP contribution in [0.1, 0.15) is 61.9 Å². The van der Waals surface area contributed by atoms with Gasteiger partial charge in [0.2, 0.25) is 11.8 Å². The summed E-state index contributed by atoms with van der Waals surface area (Å²) in [5.74, 6) is 2.42. The first-order chi connectivity index (χ1) is 13.2. The molecule has 0 N–H and O–H groups in total. The number of nitrogens with zero attached hydrogens (tertiary/aromatic N) is 4. The summed E-state index contributed by atoms with van der Waals surface area (Å²) >= 11 is 0. The summed E-state index contributed by atoms with van der Waals surface area (Å²) in [5.41, 5.74) is 1.05. The van der Waals surface area contributed by atoms with E-state index < -0.39 is 0 Å². The number of benzene rings is 1. The molecule has 2 aliphatic heterocycles. The molecule has 142 valence electrons. The predicted octanol–water partition coefficient (Wildman–Crippen LogP) is 3.66. The summed E-state index contributed by atoms with van der Waals surface area (Å²) < 4.78 is 5.96. The van der Waals surface area contributed by atoms with Gasteiger partial charge in [-0.3, -0.25) is 4.84 Å². The van der Waals surface area contributed by atoms with E-state index in [4.69, 9.17) is 9.25 Å². The van der Waals surface area contributed by atoms with Crippen molar-refractivity contribution < 1.29 is 14.0 Å². The van der Waals surface area contributed by atoms with Crippen molar-refractivity contribution in [3.05, 3.63) is 47.7 Å². The van der Waals surface area contributed by atoms with Gasteiger partial charge >= 0.3 is 6.03 Å². The van der Waals surface area contributed by atoms with Crippen LogP contribution in [0.2, 0.25) is 0 Å². The van der Waals surface area contributed by atoms with Crippen molar-refractivity contribution in [3.63, 3.8) is 0 Å². The third-order valence-electron chi connectivity index (χ3n) is 6.00. The highest BCUT2D eigenvalue weighted by molar-refractivity contribution is 5.77. The number of rotatable bonds is 5. The van der Waals surface area contributed by atoms with E-state index in [0.29, 0.717) is 25.0 Å². The fourth-order valence-corrected chi connectivity index (χ4v) is 4.42. The van der Waals surface area contributed by atoms with Crippen LogP contribution in [0.5, 0.6) is 0 Å². The lowest BCUT2D eigenvalue weighted by atomic mass is 9.76. The molecule has 5 rings (SSSR count). The van der Waals surface area contributed by atoms with E-state index >= 15 is 0 Å². The number of carbonyl (C=O) groups excluding carboxylic acids is 1. The van der Waals surface area contributed by atoms with E-state index in [2.05, 4.69) is 17.1 Å². The quantitative estimate of drug-likeness (QED) is 0.805. The van der Waals surface area contributed by atoms with Crippen molar-refractivity contribution in [2.75, 3.05) is 6.54 Å². The van der Waals surface area contributed by atoms with E-state index in [1.165, 1.54) is 5.06 Å². The molecule has 2 atom stereocenters. The van der Waals surface area contributed by atoms with Gasteiger partial charge in [0.15, 0.2) is 0 Å². The van der Waals surface area contributed by atoms with Crippen LogP contribution in [0.25, 0.3) is 0 Å². The lowest BCUT2D eigenvalue weighted by molar-refractivity contribution is -0.140. The summed E-state index contributed by atoms with van der Waals surface area (Å²) in [4.78, 5) is 20.6. The van der Waals surface area contributed by atoms with Gasteiger partial charge in [0, 0.05) is 12.5 Å². The first kappa shape index (κ1) is 16.7. The number of urea groups is 1. The Hall–Kier alpha value is -2.41. The minimum Gasteiger partial charge on any atom is -0.423 e. The summed E-state index contributed by atoms with van der Waals surface area (Å²) in [6.45, 7) is 3.28. The van der Waals surface area contributed by atoms with Gasteiger partial charge in [0.25, 0.3) is 0 Å². The SMILES string of the molecule is CC1CC(c2nnc([C@@H]3CC[C@@H]4CN3C(=O)N4OCc3ccccc3)o2)C1. The topological polar surface area (TPSA) is 71.7 Å². The third kappa shape index (κ3) is 3.00. The number of aromatic nitrogens is 2. The van der Waals surface area contributed by atoms with Crippen molar-refractivity contribution in [1.29, 1.82) is 0 Å². The third-order valence-corrected chi connectivity index (χ3v) is 6.00. The minimum atomic E-state index is -0.141. The van der Waals surface area contributed by atoms with Gasteiger partial charge in [-0.05, 0) is 37.2 Å². The van der Waals surface area contributed by atoms with Gasteiger partial charge in [-0.25, -0.2) is 4.79 Å². The summed E-state index contributed by atoms with van der Waals surface area (Å²) in [7, 11) is 0.